The Morgan fingerprint density at radius 1 is 0.797 bits per heavy atom. The van der Waals surface area contributed by atoms with Crippen LogP contribution in [0.15, 0.2) is 47.6 Å². The lowest BCUT2D eigenvalue weighted by atomic mass is 9.57. The van der Waals surface area contributed by atoms with E-state index in [-0.39, 0.29) is 47.0 Å². The molecule has 8 rings (SSSR count). The van der Waals surface area contributed by atoms with Crippen LogP contribution in [0.2, 0.25) is 0 Å². The van der Waals surface area contributed by atoms with Gasteiger partial charge in [0.15, 0.2) is 47.6 Å². The summed E-state index contributed by atoms with van der Waals surface area (Å²) in [6.07, 6.45) is -1.96. The molecular formula is C43H52O16. The number of carbonyl (C=O) groups excluding carboxylic acids is 4. The van der Waals surface area contributed by atoms with Crippen molar-refractivity contribution < 1.29 is 77.9 Å². The number of allylic oxidation sites excluding steroid dienone is 2. The highest BCUT2D eigenvalue weighted by Crippen LogP contribution is 2.53. The lowest BCUT2D eigenvalue weighted by molar-refractivity contribution is -0.290. The number of fused-ring (bicyclic) bond motifs is 3. The monoisotopic (exact) mass is 824 g/mol. The van der Waals surface area contributed by atoms with Crippen LogP contribution in [0.1, 0.15) is 112 Å². The quantitative estimate of drug-likeness (QED) is 0.266. The average Bonchev–Trinajstić information content (AvgIpc) is 3.16. The van der Waals surface area contributed by atoms with Gasteiger partial charge in [-0.3, -0.25) is 19.2 Å². The third kappa shape index (κ3) is 7.29. The van der Waals surface area contributed by atoms with E-state index < -0.39 is 120 Å². The molecule has 4 aliphatic heterocycles. The summed E-state index contributed by atoms with van der Waals surface area (Å²) in [5.74, 6) is -3.39. The molecule has 1 aromatic carbocycles. The van der Waals surface area contributed by atoms with Crippen LogP contribution in [-0.2, 0) is 42.7 Å². The number of benzene rings is 1. The Balaban J connectivity index is 0.963. The van der Waals surface area contributed by atoms with Gasteiger partial charge < -0.3 is 58.7 Å². The molecule has 5 N–H and O–H groups in total. The number of ketones is 4. The lowest BCUT2D eigenvalue weighted by Crippen LogP contribution is -2.69. The standard InChI is InChI=1S/C43H52O16/c1-19-26(44)8-11-32(54-19)57-29-10-13-34(56-21(29)3)59-41(5)17-31(47)43(52)36-25(14-15-42(43,51)18-41)38(49)35-24(39(36)50)7-6-23(37(35)48)30-16-28(46)40(22(4)53-30)58-33-12-9-27(45)20(2)55-33/h6-8,11,14-15,19-22,27-30,32-34,40,45-46,48,51-52H,9-10,12-13,16-18H2,1-5H3/t19-,20-,21-,22+,27-,28+,29-,30+,32-,33-,34-,40+,41-,42-,43-/m0/s1. The summed E-state index contributed by atoms with van der Waals surface area (Å²) in [6, 6.07) is 2.70. The minimum atomic E-state index is -2.82. The van der Waals surface area contributed by atoms with E-state index in [2.05, 4.69) is 0 Å². The van der Waals surface area contributed by atoms with Gasteiger partial charge in [0, 0.05) is 48.8 Å². The van der Waals surface area contributed by atoms with E-state index in [1.54, 1.807) is 40.7 Å². The van der Waals surface area contributed by atoms with Gasteiger partial charge in [-0.05, 0) is 71.8 Å². The first-order chi connectivity index (χ1) is 27.8. The van der Waals surface area contributed by atoms with Crippen molar-refractivity contribution in [3.63, 3.8) is 0 Å². The highest BCUT2D eigenvalue weighted by Gasteiger charge is 2.67. The lowest BCUT2D eigenvalue weighted by Gasteiger charge is -2.53. The Hall–Kier alpha value is -3.52. The SMILES string of the molecule is C[C@@H]1O[C@@H](O[C@H]2CC[C@H](O[C@@]3(C)CC(=O)[C@]4(O)C5=C(C=C[C@]4(O)C3)C(=O)c3c(ccc([C@H]4C[C@@H](O)[C@H](O[C@H]6CC[C@H](O)[C@H](C)O6)[C@@H](C)O4)c3O)C5=O)O[C@H]2C)C=CC1=O. The van der Waals surface area contributed by atoms with Gasteiger partial charge in [0.1, 0.15) is 23.6 Å². The molecule has 3 saturated heterocycles. The molecule has 15 atom stereocenters. The van der Waals surface area contributed by atoms with Crippen molar-refractivity contribution in [2.75, 3.05) is 0 Å². The molecule has 1 saturated carbocycles. The third-order valence-electron chi connectivity index (χ3n) is 12.9. The fraction of sp³-hybridized carbons (Fsp3) is 0.628. The number of hydrogen-bond donors (Lipinski definition) is 5. The first kappa shape index (κ1) is 42.2. The number of phenolic OH excluding ortho intramolecular Hbond substituents is 1. The molecular weight excluding hydrogens is 772 g/mol. The molecule has 0 aromatic heterocycles. The predicted octanol–water partition coefficient (Wildman–Crippen LogP) is 2.50. The molecule has 0 bridgehead atoms. The Labute approximate surface area is 340 Å². The highest BCUT2D eigenvalue weighted by molar-refractivity contribution is 6.32. The number of hydrogen-bond acceptors (Lipinski definition) is 16. The molecule has 16 heteroatoms. The Bertz CT molecular complexity index is 2000. The highest BCUT2D eigenvalue weighted by atomic mass is 16.7. The fourth-order valence-corrected chi connectivity index (χ4v) is 9.68. The molecule has 0 amide bonds. The molecule has 0 radical (unpaired) electrons. The van der Waals surface area contributed by atoms with Crippen molar-refractivity contribution in [1.29, 1.82) is 0 Å². The van der Waals surface area contributed by atoms with E-state index >= 15 is 0 Å². The average molecular weight is 825 g/mol. The zero-order valence-corrected chi connectivity index (χ0v) is 33.6. The number of aromatic hydroxyl groups is 1. The number of aliphatic hydroxyl groups excluding tert-OH is 2. The third-order valence-corrected chi connectivity index (χ3v) is 12.9. The molecule has 3 aliphatic carbocycles. The molecule has 1 aromatic rings. The van der Waals surface area contributed by atoms with Gasteiger partial charge >= 0.3 is 0 Å². The van der Waals surface area contributed by atoms with Gasteiger partial charge in [0.2, 0.25) is 0 Å². The largest absolute Gasteiger partial charge is 0.507 e. The Kier molecular flexibility index (Phi) is 11.0. The van der Waals surface area contributed by atoms with Crippen molar-refractivity contribution in [1.82, 2.24) is 0 Å². The van der Waals surface area contributed by atoms with E-state index in [0.29, 0.717) is 25.7 Å². The number of Topliss-reactive ketones (excluding diaryl/α,β-unsaturated/α-hetero) is 3. The van der Waals surface area contributed by atoms with Gasteiger partial charge in [0.05, 0.1) is 59.5 Å². The molecule has 4 heterocycles. The summed E-state index contributed by atoms with van der Waals surface area (Å²) in [4.78, 5) is 54.4. The van der Waals surface area contributed by atoms with Gasteiger partial charge in [-0.2, -0.15) is 0 Å². The second-order valence-electron chi connectivity index (χ2n) is 17.3. The minimum absolute atomic E-state index is 0.0287. The van der Waals surface area contributed by atoms with Crippen molar-refractivity contribution in [3.8, 4) is 5.75 Å². The van der Waals surface area contributed by atoms with Crippen LogP contribution in [0.5, 0.6) is 5.75 Å². The second-order valence-corrected chi connectivity index (χ2v) is 17.3. The van der Waals surface area contributed by atoms with Crippen LogP contribution < -0.4 is 0 Å². The molecule has 7 aliphatic rings. The van der Waals surface area contributed by atoms with Gasteiger partial charge in [-0.25, -0.2) is 0 Å². The van der Waals surface area contributed by atoms with E-state index in [9.17, 15) is 44.7 Å². The predicted molar refractivity (Wildman–Crippen MR) is 202 cm³/mol. The summed E-state index contributed by atoms with van der Waals surface area (Å²) in [5.41, 5.74) is -7.96. The molecule has 59 heavy (non-hydrogen) atoms. The van der Waals surface area contributed by atoms with Crippen LogP contribution in [0.3, 0.4) is 0 Å². The normalized spacial score (nSPS) is 43.7. The summed E-state index contributed by atoms with van der Waals surface area (Å²) in [6.45, 7) is 8.47. The molecule has 16 nitrogen and oxygen atoms in total. The second kappa shape index (κ2) is 15.4. The van der Waals surface area contributed by atoms with E-state index in [4.69, 9.17) is 33.2 Å². The van der Waals surface area contributed by atoms with Crippen LogP contribution in [0, 0.1) is 0 Å². The Morgan fingerprint density at radius 2 is 1.53 bits per heavy atom. The fourth-order valence-electron chi connectivity index (χ4n) is 9.68. The van der Waals surface area contributed by atoms with Crippen LogP contribution in [0.25, 0.3) is 0 Å². The van der Waals surface area contributed by atoms with Crippen LogP contribution in [0.4, 0.5) is 0 Å². The van der Waals surface area contributed by atoms with E-state index in [1.807, 2.05) is 0 Å². The van der Waals surface area contributed by atoms with Crippen molar-refractivity contribution in [3.05, 3.63) is 64.3 Å². The first-order valence-corrected chi connectivity index (χ1v) is 20.4. The zero-order chi connectivity index (χ0) is 42.3. The summed E-state index contributed by atoms with van der Waals surface area (Å²) in [7, 11) is 0. The smallest absolute Gasteiger partial charge is 0.198 e. The zero-order valence-electron chi connectivity index (χ0n) is 33.6. The maximum atomic E-state index is 14.3. The maximum Gasteiger partial charge on any atom is 0.198 e. The number of rotatable bonds is 7. The molecule has 0 unspecified atom stereocenters. The number of carbonyl (C=O) groups is 4. The summed E-state index contributed by atoms with van der Waals surface area (Å²) in [5, 5.41) is 57.1. The topological polar surface area (TPSA) is 234 Å². The minimum Gasteiger partial charge on any atom is -0.507 e. The van der Waals surface area contributed by atoms with E-state index in [0.717, 1.165) is 6.08 Å². The van der Waals surface area contributed by atoms with Crippen molar-refractivity contribution in [2.45, 2.75) is 170 Å². The van der Waals surface area contributed by atoms with Gasteiger partial charge in [-0.1, -0.05) is 12.1 Å². The van der Waals surface area contributed by atoms with Crippen molar-refractivity contribution >= 4 is 23.1 Å². The molecule has 4 fully saturated rings. The summed E-state index contributed by atoms with van der Waals surface area (Å²) < 4.78 is 42.1. The summed E-state index contributed by atoms with van der Waals surface area (Å²) >= 11 is 0. The van der Waals surface area contributed by atoms with Crippen molar-refractivity contribution in [2.24, 2.45) is 0 Å². The number of aliphatic hydroxyl groups is 4. The van der Waals surface area contributed by atoms with Crippen LogP contribution >= 0.6 is 0 Å². The van der Waals surface area contributed by atoms with Crippen LogP contribution in [-0.4, -0.2) is 133 Å². The van der Waals surface area contributed by atoms with Gasteiger partial charge in [-0.15, -0.1) is 0 Å². The number of phenols is 1. The molecule has 0 spiro atoms. The van der Waals surface area contributed by atoms with E-state index in [1.165, 1.54) is 24.3 Å². The van der Waals surface area contributed by atoms with Gasteiger partial charge in [0.25, 0.3) is 0 Å². The first-order valence-electron chi connectivity index (χ1n) is 20.4. The maximum absolute atomic E-state index is 14.3. The number of ether oxygens (including phenoxy) is 7. The Morgan fingerprint density at radius 3 is 2.22 bits per heavy atom. The molecule has 320 valence electrons.